The van der Waals surface area contributed by atoms with Crippen molar-refractivity contribution in [3.05, 3.63) is 47.7 Å². The van der Waals surface area contributed by atoms with Crippen molar-refractivity contribution < 1.29 is 19.2 Å². The van der Waals surface area contributed by atoms with E-state index in [1.807, 2.05) is 18.2 Å². The molecule has 0 unspecified atom stereocenters. The Kier molecular flexibility index (Phi) is 7.40. The van der Waals surface area contributed by atoms with E-state index in [1.165, 1.54) is 5.56 Å². The fourth-order valence-corrected chi connectivity index (χ4v) is 4.74. The number of carbonyl (C=O) groups is 1. The van der Waals surface area contributed by atoms with Crippen molar-refractivity contribution >= 4 is 35.0 Å². The molecule has 2 aliphatic heterocycles. The molecule has 1 amide bonds. The summed E-state index contributed by atoms with van der Waals surface area (Å²) in [5.41, 5.74) is 3.78. The van der Waals surface area contributed by atoms with Crippen LogP contribution in [0.3, 0.4) is 0 Å². The Labute approximate surface area is 199 Å². The number of benzene rings is 2. The fraction of sp³-hybridized carbons (Fsp3) is 0.440. The minimum absolute atomic E-state index is 0. The minimum atomic E-state index is 0. The topological polar surface area (TPSA) is 87.8 Å². The molecule has 7 nitrogen and oxygen atoms in total. The summed E-state index contributed by atoms with van der Waals surface area (Å²) >= 11 is 0. The number of fused-ring (bicyclic) bond motifs is 2. The van der Waals surface area contributed by atoms with Crippen LogP contribution in [0.25, 0.3) is 11.0 Å². The highest BCUT2D eigenvalue weighted by Gasteiger charge is 2.25. The molecule has 176 valence electrons. The number of hydrogen-bond donors (Lipinski definition) is 2. The van der Waals surface area contributed by atoms with Crippen LogP contribution in [0.5, 0.6) is 11.5 Å². The van der Waals surface area contributed by atoms with Gasteiger partial charge in [0.15, 0.2) is 5.58 Å². The van der Waals surface area contributed by atoms with Crippen LogP contribution in [0, 0.1) is 0 Å². The SMILES string of the molecule is Cl.O=C1CCc2ccc(OCCCCN3CCC(c4noc5ccc(O)cc45)CC3)cc2N1. The largest absolute Gasteiger partial charge is 0.508 e. The second kappa shape index (κ2) is 10.4. The predicted octanol–water partition coefficient (Wildman–Crippen LogP) is 4.88. The lowest BCUT2D eigenvalue weighted by Gasteiger charge is -2.31. The summed E-state index contributed by atoms with van der Waals surface area (Å²) in [4.78, 5) is 14.1. The molecule has 5 rings (SSSR count). The van der Waals surface area contributed by atoms with Gasteiger partial charge < -0.3 is 24.6 Å². The number of likely N-dealkylation sites (tertiary alicyclic amines) is 1. The quantitative estimate of drug-likeness (QED) is 0.477. The summed E-state index contributed by atoms with van der Waals surface area (Å²) in [7, 11) is 0. The van der Waals surface area contributed by atoms with Crippen LogP contribution in [0.2, 0.25) is 0 Å². The minimum Gasteiger partial charge on any atom is -0.508 e. The summed E-state index contributed by atoms with van der Waals surface area (Å²) in [6.07, 6.45) is 5.55. The van der Waals surface area contributed by atoms with Crippen molar-refractivity contribution in [2.75, 3.05) is 31.6 Å². The first-order valence-corrected chi connectivity index (χ1v) is 11.5. The second-order valence-electron chi connectivity index (χ2n) is 8.79. The van der Waals surface area contributed by atoms with E-state index in [2.05, 4.69) is 15.4 Å². The third-order valence-corrected chi connectivity index (χ3v) is 6.57. The smallest absolute Gasteiger partial charge is 0.224 e. The fourth-order valence-electron chi connectivity index (χ4n) is 4.74. The van der Waals surface area contributed by atoms with E-state index in [0.717, 1.165) is 79.8 Å². The van der Waals surface area contributed by atoms with Crippen molar-refractivity contribution in [3.63, 3.8) is 0 Å². The van der Waals surface area contributed by atoms with E-state index in [-0.39, 0.29) is 24.1 Å². The van der Waals surface area contributed by atoms with Gasteiger partial charge in [0, 0.05) is 29.5 Å². The lowest BCUT2D eigenvalue weighted by Crippen LogP contribution is -2.34. The average molecular weight is 472 g/mol. The lowest BCUT2D eigenvalue weighted by atomic mass is 9.91. The number of aromatic hydroxyl groups is 1. The van der Waals surface area contributed by atoms with Crippen molar-refractivity contribution in [3.8, 4) is 11.5 Å². The van der Waals surface area contributed by atoms with Gasteiger partial charge in [-0.25, -0.2) is 0 Å². The van der Waals surface area contributed by atoms with Crippen molar-refractivity contribution in [1.82, 2.24) is 10.1 Å². The molecule has 0 aliphatic carbocycles. The number of rotatable bonds is 7. The average Bonchev–Trinajstić information content (AvgIpc) is 3.22. The summed E-state index contributed by atoms with van der Waals surface area (Å²) in [5.74, 6) is 1.52. The van der Waals surface area contributed by atoms with E-state index in [9.17, 15) is 9.90 Å². The van der Waals surface area contributed by atoms with Crippen LogP contribution in [-0.2, 0) is 11.2 Å². The lowest BCUT2D eigenvalue weighted by molar-refractivity contribution is -0.116. The Hall–Kier alpha value is -2.77. The normalized spacial score (nSPS) is 16.8. The standard InChI is InChI=1S/C25H29N3O4.ClH/c29-19-5-7-23-21(15-19)25(27-32-23)18-9-12-28(13-10-18)11-1-2-14-31-20-6-3-17-4-8-24(30)26-22(17)16-20;/h3,5-7,15-16,18,29H,1-2,4,8-14H2,(H,26,30);1H. The molecule has 3 aromatic rings. The molecule has 33 heavy (non-hydrogen) atoms. The number of nitrogens with one attached hydrogen (secondary N) is 1. The number of halogens is 1. The summed E-state index contributed by atoms with van der Waals surface area (Å²) in [6.45, 7) is 3.83. The molecule has 0 radical (unpaired) electrons. The van der Waals surface area contributed by atoms with Crippen molar-refractivity contribution in [2.45, 2.75) is 44.4 Å². The van der Waals surface area contributed by atoms with Gasteiger partial charge >= 0.3 is 0 Å². The van der Waals surface area contributed by atoms with Gasteiger partial charge in [0.2, 0.25) is 5.91 Å². The Morgan fingerprint density at radius 2 is 1.97 bits per heavy atom. The number of ether oxygens (including phenoxy) is 1. The van der Waals surface area contributed by atoms with Crippen molar-refractivity contribution in [2.24, 2.45) is 0 Å². The second-order valence-corrected chi connectivity index (χ2v) is 8.79. The van der Waals surface area contributed by atoms with Crippen LogP contribution < -0.4 is 10.1 Å². The van der Waals surface area contributed by atoms with Crippen LogP contribution in [-0.4, -0.2) is 47.3 Å². The molecule has 0 bridgehead atoms. The van der Waals surface area contributed by atoms with Gasteiger partial charge in [0.25, 0.3) is 0 Å². The van der Waals surface area contributed by atoms with E-state index in [4.69, 9.17) is 9.26 Å². The number of amides is 1. The highest BCUT2D eigenvalue weighted by atomic mass is 35.5. The molecule has 2 aromatic carbocycles. The zero-order chi connectivity index (χ0) is 21.9. The molecule has 0 atom stereocenters. The van der Waals surface area contributed by atoms with Crippen LogP contribution >= 0.6 is 12.4 Å². The number of phenols is 1. The molecule has 1 fully saturated rings. The molecule has 8 heteroatoms. The zero-order valence-corrected chi connectivity index (χ0v) is 19.4. The Balaban J connectivity index is 0.00000259. The van der Waals surface area contributed by atoms with E-state index < -0.39 is 0 Å². The Morgan fingerprint density at radius 3 is 2.82 bits per heavy atom. The summed E-state index contributed by atoms with van der Waals surface area (Å²) in [5, 5.41) is 17.9. The van der Waals surface area contributed by atoms with Crippen LogP contribution in [0.15, 0.2) is 40.9 Å². The molecular weight excluding hydrogens is 442 g/mol. The van der Waals surface area contributed by atoms with Gasteiger partial charge in [-0.3, -0.25) is 4.79 Å². The molecule has 1 saturated heterocycles. The maximum Gasteiger partial charge on any atom is 0.224 e. The highest BCUT2D eigenvalue weighted by Crippen LogP contribution is 2.34. The number of phenolic OH excluding ortho intramolecular Hbond substituents is 1. The molecule has 3 heterocycles. The predicted molar refractivity (Wildman–Crippen MR) is 129 cm³/mol. The van der Waals surface area contributed by atoms with E-state index in [0.29, 0.717) is 18.9 Å². The third-order valence-electron chi connectivity index (χ3n) is 6.57. The van der Waals surface area contributed by atoms with Gasteiger partial charge in [0.05, 0.1) is 12.3 Å². The van der Waals surface area contributed by atoms with Gasteiger partial charge in [-0.2, -0.15) is 0 Å². The number of anilines is 1. The number of piperidine rings is 1. The monoisotopic (exact) mass is 471 g/mol. The number of hydrogen-bond acceptors (Lipinski definition) is 6. The molecule has 2 aliphatic rings. The number of unbranched alkanes of at least 4 members (excludes halogenated alkanes) is 1. The summed E-state index contributed by atoms with van der Waals surface area (Å²) in [6, 6.07) is 11.1. The zero-order valence-electron chi connectivity index (χ0n) is 18.6. The third kappa shape index (κ3) is 5.42. The molecule has 0 spiro atoms. The number of carbonyl (C=O) groups excluding carboxylic acids is 1. The van der Waals surface area contributed by atoms with Crippen molar-refractivity contribution in [1.29, 1.82) is 0 Å². The van der Waals surface area contributed by atoms with Crippen LogP contribution in [0.4, 0.5) is 5.69 Å². The molecular formula is C25H30ClN3O4. The van der Waals surface area contributed by atoms with Crippen LogP contribution in [0.1, 0.15) is 49.3 Å². The first-order chi connectivity index (χ1) is 15.7. The number of nitrogens with zero attached hydrogens (tertiary/aromatic N) is 2. The van der Waals surface area contributed by atoms with Gasteiger partial charge in [-0.05, 0) is 81.6 Å². The number of aromatic nitrogens is 1. The maximum atomic E-state index is 11.6. The van der Waals surface area contributed by atoms with E-state index >= 15 is 0 Å². The molecule has 1 aromatic heterocycles. The number of aryl methyl sites for hydroxylation is 1. The van der Waals surface area contributed by atoms with Gasteiger partial charge in [0.1, 0.15) is 11.5 Å². The van der Waals surface area contributed by atoms with Gasteiger partial charge in [-0.1, -0.05) is 11.2 Å². The first kappa shape index (κ1) is 23.4. The maximum absolute atomic E-state index is 11.6. The first-order valence-electron chi connectivity index (χ1n) is 11.5. The Bertz CT molecular complexity index is 1110. The Morgan fingerprint density at radius 1 is 1.12 bits per heavy atom. The summed E-state index contributed by atoms with van der Waals surface area (Å²) < 4.78 is 11.3. The molecule has 2 N–H and O–H groups in total. The highest BCUT2D eigenvalue weighted by molar-refractivity contribution is 5.94. The van der Waals surface area contributed by atoms with Gasteiger partial charge in [-0.15, -0.1) is 12.4 Å². The van der Waals surface area contributed by atoms with E-state index in [1.54, 1.807) is 18.2 Å². The molecule has 0 saturated carbocycles.